The lowest BCUT2D eigenvalue weighted by Gasteiger charge is -2.39. The first-order valence-electron chi connectivity index (χ1n) is 11.1. The summed E-state index contributed by atoms with van der Waals surface area (Å²) in [4.78, 5) is 24.5. The molecule has 1 amide bonds. The number of allylic oxidation sites excluding steroid dienone is 2. The Kier molecular flexibility index (Phi) is 7.95. The highest BCUT2D eigenvalue weighted by atomic mass is 19.4. The molecule has 1 fully saturated rings. The number of anilines is 3. The smallest absolute Gasteiger partial charge is 0.395 e. The molecule has 12 heteroatoms. The number of nitrogens with two attached hydrogens (primary N) is 3. The number of hydrogen-bond donors (Lipinski definition) is 5. The molecule has 35 heavy (non-hydrogen) atoms. The lowest BCUT2D eigenvalue weighted by atomic mass is 9.76. The highest BCUT2D eigenvalue weighted by Crippen LogP contribution is 2.30. The van der Waals surface area contributed by atoms with Gasteiger partial charge in [0.25, 0.3) is 5.91 Å². The number of rotatable bonds is 7. The van der Waals surface area contributed by atoms with Gasteiger partial charge < -0.3 is 27.8 Å². The van der Waals surface area contributed by atoms with Gasteiger partial charge in [0.1, 0.15) is 17.1 Å². The van der Waals surface area contributed by atoms with Crippen molar-refractivity contribution in [3.05, 3.63) is 47.8 Å². The average molecular weight is 491 g/mol. The second-order valence-electron chi connectivity index (χ2n) is 8.67. The van der Waals surface area contributed by atoms with E-state index in [-0.39, 0.29) is 23.5 Å². The van der Waals surface area contributed by atoms with E-state index in [1.165, 1.54) is 6.20 Å². The zero-order valence-corrected chi connectivity index (χ0v) is 19.4. The van der Waals surface area contributed by atoms with Gasteiger partial charge in [0.15, 0.2) is 0 Å². The van der Waals surface area contributed by atoms with Crippen LogP contribution in [0.5, 0.6) is 0 Å². The number of nitrogens with one attached hydrogen (secondary N) is 2. The minimum atomic E-state index is -4.61. The molecule has 0 saturated heterocycles. The van der Waals surface area contributed by atoms with Gasteiger partial charge in [0.05, 0.1) is 5.69 Å². The van der Waals surface area contributed by atoms with E-state index >= 15 is 0 Å². The van der Waals surface area contributed by atoms with Crippen LogP contribution in [-0.2, 0) is 0 Å². The molecular weight excluding hydrogens is 461 g/mol. The summed E-state index contributed by atoms with van der Waals surface area (Å²) in [5.41, 5.74) is 16.6. The predicted octanol–water partition coefficient (Wildman–Crippen LogP) is 3.60. The largest absolute Gasteiger partial charge is 0.430 e. The van der Waals surface area contributed by atoms with Crippen molar-refractivity contribution in [2.24, 2.45) is 34.0 Å². The van der Waals surface area contributed by atoms with Crippen LogP contribution in [0.4, 0.5) is 36.3 Å². The molecule has 0 spiro atoms. The third kappa shape index (κ3) is 6.69. The Labute approximate surface area is 201 Å². The molecule has 1 saturated carbocycles. The van der Waals surface area contributed by atoms with Gasteiger partial charge in [-0.1, -0.05) is 13.8 Å². The van der Waals surface area contributed by atoms with Crippen LogP contribution in [-0.4, -0.2) is 40.3 Å². The summed E-state index contributed by atoms with van der Waals surface area (Å²) in [7, 11) is 0. The van der Waals surface area contributed by atoms with Crippen molar-refractivity contribution in [2.45, 2.75) is 44.9 Å². The fraction of sp³-hybridized carbons (Fsp3) is 0.391. The Hall–Kier alpha value is -3.67. The minimum absolute atomic E-state index is 0.0244. The molecule has 188 valence electrons. The quantitative estimate of drug-likeness (QED) is 0.371. The molecule has 0 radical (unpaired) electrons. The van der Waals surface area contributed by atoms with Crippen molar-refractivity contribution >= 4 is 35.3 Å². The summed E-state index contributed by atoms with van der Waals surface area (Å²) in [5, 5.41) is 6.33. The Morgan fingerprint density at radius 3 is 2.43 bits per heavy atom. The van der Waals surface area contributed by atoms with Crippen LogP contribution in [0.15, 0.2) is 47.2 Å². The molecule has 0 aliphatic heterocycles. The van der Waals surface area contributed by atoms with Gasteiger partial charge in [-0.05, 0) is 55.0 Å². The van der Waals surface area contributed by atoms with Crippen molar-refractivity contribution in [1.29, 1.82) is 0 Å². The maximum absolute atomic E-state index is 12.4. The third-order valence-electron chi connectivity index (χ3n) is 6.05. The van der Waals surface area contributed by atoms with E-state index in [1.807, 2.05) is 0 Å². The van der Waals surface area contributed by atoms with E-state index in [9.17, 15) is 18.0 Å². The summed E-state index contributed by atoms with van der Waals surface area (Å²) in [6.45, 7) is 4.24. The number of nitrogens with zero attached hydrogens (tertiary/aromatic N) is 3. The number of halogens is 3. The average Bonchev–Trinajstić information content (AvgIpc) is 2.79. The standard InChI is InChI=1S/C23H29F3N8O/c1-12-3-4-13(2)19(18(12)28)33-22-31-11-16(20(29)35)21(34-22)32-15-7-5-14(6-8-15)30-10-9-17(27)23(24,25)26/h5-13,18-19H,3-4,27-28H2,1-2H3,(H2,29,35)(H2,31,32,33,34)/t12?,13?,18-,19+/m0/s1. The molecule has 8 N–H and O–H groups in total. The maximum atomic E-state index is 12.4. The molecule has 2 unspecified atom stereocenters. The van der Waals surface area contributed by atoms with Crippen LogP contribution < -0.4 is 27.8 Å². The zero-order valence-electron chi connectivity index (χ0n) is 19.4. The van der Waals surface area contributed by atoms with E-state index in [0.29, 0.717) is 35.2 Å². The highest BCUT2D eigenvalue weighted by molar-refractivity contribution is 5.98. The fourth-order valence-electron chi connectivity index (χ4n) is 3.81. The van der Waals surface area contributed by atoms with Crippen LogP contribution in [0.25, 0.3) is 0 Å². The first kappa shape index (κ1) is 25.9. The summed E-state index contributed by atoms with van der Waals surface area (Å²) >= 11 is 0. The topological polar surface area (TPSA) is 157 Å². The van der Waals surface area contributed by atoms with Gasteiger partial charge >= 0.3 is 6.18 Å². The van der Waals surface area contributed by atoms with Crippen molar-refractivity contribution in [3.8, 4) is 0 Å². The first-order chi connectivity index (χ1) is 16.5. The maximum Gasteiger partial charge on any atom is 0.430 e. The summed E-state index contributed by atoms with van der Waals surface area (Å²) in [6.07, 6.45) is 0.475. The van der Waals surface area contributed by atoms with Gasteiger partial charge in [-0.3, -0.25) is 9.79 Å². The van der Waals surface area contributed by atoms with E-state index in [2.05, 4.69) is 39.4 Å². The minimum Gasteiger partial charge on any atom is -0.395 e. The second-order valence-corrected chi connectivity index (χ2v) is 8.67. The van der Waals surface area contributed by atoms with E-state index in [1.54, 1.807) is 24.3 Å². The molecule has 1 heterocycles. The SMILES string of the molecule is CC1CCC(C)[C@H](N)[C@@H]1Nc1ncc(C(N)=O)c(Nc2ccc(N=CC=C(N)C(F)(F)F)cc2)n1. The van der Waals surface area contributed by atoms with Crippen LogP contribution in [0, 0.1) is 11.8 Å². The highest BCUT2D eigenvalue weighted by Gasteiger charge is 2.33. The summed E-state index contributed by atoms with van der Waals surface area (Å²) in [6, 6.07) is 6.32. The molecule has 1 aromatic heterocycles. The number of aromatic nitrogens is 2. The van der Waals surface area contributed by atoms with Crippen molar-refractivity contribution in [1.82, 2.24) is 9.97 Å². The van der Waals surface area contributed by atoms with Crippen LogP contribution in [0.2, 0.25) is 0 Å². The van der Waals surface area contributed by atoms with Crippen LogP contribution in [0.1, 0.15) is 37.0 Å². The molecule has 1 aliphatic carbocycles. The lowest BCUT2D eigenvalue weighted by Crippen LogP contribution is -2.51. The number of alkyl halides is 3. The summed E-state index contributed by atoms with van der Waals surface area (Å²) in [5.74, 6) is 0.497. The number of aliphatic imine (C=N–C) groups is 1. The molecule has 4 atom stereocenters. The third-order valence-corrected chi connectivity index (χ3v) is 6.05. The fourth-order valence-corrected chi connectivity index (χ4v) is 3.81. The first-order valence-corrected chi connectivity index (χ1v) is 11.1. The molecular formula is C23H29F3N8O. The Balaban J connectivity index is 1.77. The molecule has 1 aliphatic rings. The van der Waals surface area contributed by atoms with Crippen molar-refractivity contribution < 1.29 is 18.0 Å². The Morgan fingerprint density at radius 1 is 1.14 bits per heavy atom. The lowest BCUT2D eigenvalue weighted by molar-refractivity contribution is -0.0925. The molecule has 2 aromatic rings. The molecule has 9 nitrogen and oxygen atoms in total. The molecule has 0 bridgehead atoms. The van der Waals surface area contributed by atoms with E-state index < -0.39 is 17.8 Å². The van der Waals surface area contributed by atoms with Gasteiger partial charge in [0, 0.05) is 30.2 Å². The van der Waals surface area contributed by atoms with Gasteiger partial charge in [-0.2, -0.15) is 18.2 Å². The number of carbonyl (C=O) groups excluding carboxylic acids is 1. The predicted molar refractivity (Wildman–Crippen MR) is 130 cm³/mol. The zero-order chi connectivity index (χ0) is 25.8. The number of carbonyl (C=O) groups is 1. The number of benzene rings is 1. The Bertz CT molecular complexity index is 1100. The number of hydrogen-bond acceptors (Lipinski definition) is 8. The van der Waals surface area contributed by atoms with Crippen LogP contribution >= 0.6 is 0 Å². The Morgan fingerprint density at radius 2 is 1.80 bits per heavy atom. The summed E-state index contributed by atoms with van der Waals surface area (Å²) < 4.78 is 37.3. The van der Waals surface area contributed by atoms with Crippen molar-refractivity contribution in [3.63, 3.8) is 0 Å². The normalized spacial score (nSPS) is 23.3. The molecule has 1 aromatic carbocycles. The van der Waals surface area contributed by atoms with Crippen LogP contribution in [0.3, 0.4) is 0 Å². The van der Waals surface area contributed by atoms with Gasteiger partial charge in [-0.15, -0.1) is 0 Å². The number of amides is 1. The monoisotopic (exact) mass is 490 g/mol. The van der Waals surface area contributed by atoms with E-state index in [0.717, 1.165) is 19.1 Å². The number of primary amides is 1. The van der Waals surface area contributed by atoms with Gasteiger partial charge in [0.2, 0.25) is 5.95 Å². The second kappa shape index (κ2) is 10.7. The molecule has 3 rings (SSSR count). The van der Waals surface area contributed by atoms with E-state index in [4.69, 9.17) is 17.2 Å². The van der Waals surface area contributed by atoms with Gasteiger partial charge in [-0.25, -0.2) is 4.98 Å². The van der Waals surface area contributed by atoms with Crippen molar-refractivity contribution in [2.75, 3.05) is 10.6 Å².